The highest BCUT2D eigenvalue weighted by molar-refractivity contribution is 4.92. The van der Waals surface area contributed by atoms with Crippen LogP contribution >= 0.6 is 0 Å². The van der Waals surface area contributed by atoms with Crippen molar-refractivity contribution in [3.8, 4) is 0 Å². The molecular formula is C13H24N4O. The van der Waals surface area contributed by atoms with Crippen molar-refractivity contribution in [1.82, 2.24) is 20.1 Å². The van der Waals surface area contributed by atoms with Crippen LogP contribution in [0, 0.1) is 5.92 Å². The van der Waals surface area contributed by atoms with E-state index in [1.54, 1.807) is 6.33 Å². The fourth-order valence-electron chi connectivity index (χ4n) is 2.66. The van der Waals surface area contributed by atoms with Crippen LogP contribution in [0.2, 0.25) is 0 Å². The third-order valence-corrected chi connectivity index (χ3v) is 3.63. The molecule has 0 bridgehead atoms. The first kappa shape index (κ1) is 13.5. The summed E-state index contributed by atoms with van der Waals surface area (Å²) in [6.45, 7) is 7.92. The molecule has 102 valence electrons. The molecule has 2 unspecified atom stereocenters. The number of nitrogens with zero attached hydrogens (tertiary/aromatic N) is 3. The van der Waals surface area contributed by atoms with Gasteiger partial charge in [0.2, 0.25) is 0 Å². The molecule has 1 saturated heterocycles. The van der Waals surface area contributed by atoms with E-state index in [0.717, 1.165) is 38.5 Å². The normalized spacial score (nSPS) is 22.0. The van der Waals surface area contributed by atoms with Crippen LogP contribution in [0.3, 0.4) is 0 Å². The Labute approximate surface area is 109 Å². The summed E-state index contributed by atoms with van der Waals surface area (Å²) in [4.78, 5) is 4.37. The maximum absolute atomic E-state index is 5.60. The Morgan fingerprint density at radius 1 is 1.56 bits per heavy atom. The largest absolute Gasteiger partial charge is 0.381 e. The Morgan fingerprint density at radius 2 is 2.44 bits per heavy atom. The first-order valence-corrected chi connectivity index (χ1v) is 7.03. The molecule has 2 atom stereocenters. The van der Waals surface area contributed by atoms with Crippen molar-refractivity contribution in [3.63, 3.8) is 0 Å². The monoisotopic (exact) mass is 252 g/mol. The third kappa shape index (κ3) is 3.29. The highest BCUT2D eigenvalue weighted by Gasteiger charge is 2.25. The highest BCUT2D eigenvalue weighted by Crippen LogP contribution is 2.19. The van der Waals surface area contributed by atoms with Gasteiger partial charge in [-0.3, -0.25) is 4.68 Å². The summed E-state index contributed by atoms with van der Waals surface area (Å²) < 4.78 is 7.58. The van der Waals surface area contributed by atoms with Crippen molar-refractivity contribution in [2.45, 2.75) is 45.7 Å². The summed E-state index contributed by atoms with van der Waals surface area (Å²) in [5.41, 5.74) is 0. The van der Waals surface area contributed by atoms with Gasteiger partial charge in [0, 0.05) is 25.6 Å². The second-order valence-electron chi connectivity index (χ2n) is 4.84. The minimum Gasteiger partial charge on any atom is -0.381 e. The van der Waals surface area contributed by atoms with Gasteiger partial charge < -0.3 is 10.1 Å². The topological polar surface area (TPSA) is 52.0 Å². The smallest absolute Gasteiger partial charge is 0.138 e. The third-order valence-electron chi connectivity index (χ3n) is 3.63. The molecule has 0 aromatic carbocycles. The van der Waals surface area contributed by atoms with Crippen LogP contribution in [0.25, 0.3) is 0 Å². The first-order valence-electron chi connectivity index (χ1n) is 7.03. The number of nitrogens with one attached hydrogen (secondary N) is 1. The zero-order chi connectivity index (χ0) is 12.8. The highest BCUT2D eigenvalue weighted by atomic mass is 16.5. The summed E-state index contributed by atoms with van der Waals surface area (Å²) in [5.74, 6) is 1.68. The molecule has 1 fully saturated rings. The lowest BCUT2D eigenvalue weighted by Gasteiger charge is -2.30. The van der Waals surface area contributed by atoms with Crippen LogP contribution in [0.4, 0.5) is 0 Å². The van der Waals surface area contributed by atoms with Crippen molar-refractivity contribution in [3.05, 3.63) is 12.2 Å². The van der Waals surface area contributed by atoms with Gasteiger partial charge in [0.15, 0.2) is 0 Å². The van der Waals surface area contributed by atoms with Crippen LogP contribution in [0.1, 0.15) is 32.5 Å². The molecule has 1 aliphatic heterocycles. The minimum absolute atomic E-state index is 0.449. The summed E-state index contributed by atoms with van der Waals surface area (Å²) in [5, 5.41) is 7.82. The molecule has 0 amide bonds. The Kier molecular flexibility index (Phi) is 5.13. The SMILES string of the molecule is CCNC(Cc1ncnn1CC)C1CCCOC1. The van der Waals surface area contributed by atoms with Gasteiger partial charge in [0.25, 0.3) is 0 Å². The lowest BCUT2D eigenvalue weighted by atomic mass is 9.91. The van der Waals surface area contributed by atoms with Crippen molar-refractivity contribution in [2.24, 2.45) is 5.92 Å². The standard InChI is InChI=1S/C13H24N4O/c1-3-14-12(11-6-5-7-18-9-11)8-13-15-10-16-17(13)4-2/h10-12,14H,3-9H2,1-2H3. The minimum atomic E-state index is 0.449. The maximum Gasteiger partial charge on any atom is 0.138 e. The number of hydrogen-bond donors (Lipinski definition) is 1. The van der Waals surface area contributed by atoms with Gasteiger partial charge in [-0.2, -0.15) is 5.10 Å². The maximum atomic E-state index is 5.60. The molecule has 0 spiro atoms. The van der Waals surface area contributed by atoms with Crippen LogP contribution in [0.5, 0.6) is 0 Å². The van der Waals surface area contributed by atoms with Crippen molar-refractivity contribution >= 4 is 0 Å². The summed E-state index contributed by atoms with van der Waals surface area (Å²) in [6, 6.07) is 0.449. The second-order valence-corrected chi connectivity index (χ2v) is 4.84. The zero-order valence-electron chi connectivity index (χ0n) is 11.4. The molecule has 0 radical (unpaired) electrons. The molecule has 1 N–H and O–H groups in total. The van der Waals surface area contributed by atoms with E-state index in [4.69, 9.17) is 4.74 Å². The van der Waals surface area contributed by atoms with Crippen LogP contribution in [-0.4, -0.2) is 40.6 Å². The van der Waals surface area contributed by atoms with Gasteiger partial charge in [-0.15, -0.1) is 0 Å². The van der Waals surface area contributed by atoms with E-state index >= 15 is 0 Å². The van der Waals surface area contributed by atoms with Gasteiger partial charge >= 0.3 is 0 Å². The van der Waals surface area contributed by atoms with Crippen LogP contribution in [0.15, 0.2) is 6.33 Å². The number of aromatic nitrogens is 3. The molecular weight excluding hydrogens is 228 g/mol. The Hall–Kier alpha value is -0.940. The van der Waals surface area contributed by atoms with E-state index in [-0.39, 0.29) is 0 Å². The van der Waals surface area contributed by atoms with Crippen molar-refractivity contribution in [1.29, 1.82) is 0 Å². The van der Waals surface area contributed by atoms with E-state index in [0.29, 0.717) is 12.0 Å². The van der Waals surface area contributed by atoms with Crippen molar-refractivity contribution in [2.75, 3.05) is 19.8 Å². The van der Waals surface area contributed by atoms with Crippen LogP contribution < -0.4 is 5.32 Å². The fraction of sp³-hybridized carbons (Fsp3) is 0.846. The van der Waals surface area contributed by atoms with Gasteiger partial charge in [0.1, 0.15) is 12.2 Å². The average molecular weight is 252 g/mol. The molecule has 0 saturated carbocycles. The number of ether oxygens (including phenoxy) is 1. The average Bonchev–Trinajstić information content (AvgIpc) is 2.86. The van der Waals surface area contributed by atoms with E-state index < -0.39 is 0 Å². The fourth-order valence-corrected chi connectivity index (χ4v) is 2.66. The number of likely N-dealkylation sites (N-methyl/N-ethyl adjacent to an activating group) is 1. The molecule has 2 rings (SSSR count). The van der Waals surface area contributed by atoms with Crippen LogP contribution in [-0.2, 0) is 17.7 Å². The molecule has 1 aromatic rings. The van der Waals surface area contributed by atoms with Gasteiger partial charge in [0.05, 0.1) is 6.61 Å². The zero-order valence-corrected chi connectivity index (χ0v) is 11.4. The summed E-state index contributed by atoms with van der Waals surface area (Å²) >= 11 is 0. The predicted octanol–water partition coefficient (Wildman–Crippen LogP) is 1.25. The first-order chi connectivity index (χ1) is 8.85. The van der Waals surface area contributed by atoms with E-state index in [1.165, 1.54) is 12.8 Å². The molecule has 5 heteroatoms. The number of aryl methyl sites for hydroxylation is 1. The summed E-state index contributed by atoms with van der Waals surface area (Å²) in [7, 11) is 0. The number of hydrogen-bond acceptors (Lipinski definition) is 4. The summed E-state index contributed by atoms with van der Waals surface area (Å²) in [6.07, 6.45) is 5.01. The molecule has 1 aliphatic rings. The predicted molar refractivity (Wildman–Crippen MR) is 70.4 cm³/mol. The number of rotatable bonds is 6. The van der Waals surface area contributed by atoms with E-state index in [2.05, 4.69) is 29.2 Å². The Morgan fingerprint density at radius 3 is 3.11 bits per heavy atom. The molecule has 5 nitrogen and oxygen atoms in total. The van der Waals surface area contributed by atoms with Gasteiger partial charge in [-0.05, 0) is 32.2 Å². The quantitative estimate of drug-likeness (QED) is 0.828. The Balaban J connectivity index is 2.00. The van der Waals surface area contributed by atoms with Gasteiger partial charge in [-0.25, -0.2) is 4.98 Å². The van der Waals surface area contributed by atoms with E-state index in [1.807, 2.05) is 4.68 Å². The van der Waals surface area contributed by atoms with Crippen molar-refractivity contribution < 1.29 is 4.74 Å². The van der Waals surface area contributed by atoms with E-state index in [9.17, 15) is 0 Å². The second kappa shape index (κ2) is 6.85. The van der Waals surface area contributed by atoms with Gasteiger partial charge in [-0.1, -0.05) is 6.92 Å². The lowest BCUT2D eigenvalue weighted by Crippen LogP contribution is -2.42. The molecule has 0 aliphatic carbocycles. The lowest BCUT2D eigenvalue weighted by molar-refractivity contribution is 0.0391. The molecule has 2 heterocycles. The molecule has 1 aromatic heterocycles. The Bertz CT molecular complexity index is 347. The molecule has 18 heavy (non-hydrogen) atoms.